The van der Waals surface area contributed by atoms with Crippen LogP contribution in [-0.4, -0.2) is 18.1 Å². The van der Waals surface area contributed by atoms with E-state index in [0.29, 0.717) is 0 Å². The highest BCUT2D eigenvalue weighted by atomic mass is 14.9. The van der Waals surface area contributed by atoms with Gasteiger partial charge in [-0.05, 0) is 44.0 Å². The van der Waals surface area contributed by atoms with Gasteiger partial charge >= 0.3 is 0 Å². The highest BCUT2D eigenvalue weighted by Crippen LogP contribution is 2.25. The molecule has 2 heteroatoms. The van der Waals surface area contributed by atoms with Gasteiger partial charge in [-0.25, -0.2) is 0 Å². The molecule has 1 aliphatic rings. The van der Waals surface area contributed by atoms with E-state index in [4.69, 9.17) is 0 Å². The molecule has 0 spiro atoms. The van der Waals surface area contributed by atoms with Crippen LogP contribution < -0.4 is 5.32 Å². The van der Waals surface area contributed by atoms with Gasteiger partial charge in [0.15, 0.2) is 0 Å². The van der Waals surface area contributed by atoms with Crippen molar-refractivity contribution in [3.05, 3.63) is 35.0 Å². The van der Waals surface area contributed by atoms with Crippen molar-refractivity contribution in [2.45, 2.75) is 40.0 Å². The number of H-pyrrole nitrogens is 1. The number of benzene rings is 1. The molecule has 1 aromatic carbocycles. The third-order valence-electron chi connectivity index (χ3n) is 3.48. The molecule has 0 saturated heterocycles. The molecule has 2 heterocycles. The average molecular weight is 244 g/mol. The van der Waals surface area contributed by atoms with E-state index in [2.05, 4.69) is 35.4 Å². The van der Waals surface area contributed by atoms with Gasteiger partial charge in [0.05, 0.1) is 0 Å². The van der Waals surface area contributed by atoms with Crippen LogP contribution in [0.2, 0.25) is 0 Å². The first-order valence-electron chi connectivity index (χ1n) is 7.15. The summed E-state index contributed by atoms with van der Waals surface area (Å²) in [6.07, 6.45) is 3.57. The first-order valence-corrected chi connectivity index (χ1v) is 7.15. The van der Waals surface area contributed by atoms with Crippen molar-refractivity contribution in [3.63, 3.8) is 0 Å². The van der Waals surface area contributed by atoms with Gasteiger partial charge in [0.25, 0.3) is 0 Å². The predicted molar refractivity (Wildman–Crippen MR) is 79.3 cm³/mol. The van der Waals surface area contributed by atoms with Crippen molar-refractivity contribution < 1.29 is 0 Å². The normalized spacial score (nSPS) is 15.3. The zero-order valence-corrected chi connectivity index (χ0v) is 11.8. The maximum Gasteiger partial charge on any atom is 0.0459 e. The van der Waals surface area contributed by atoms with Crippen LogP contribution in [0.3, 0.4) is 0 Å². The smallest absolute Gasteiger partial charge is 0.0459 e. The molecular formula is C16H24N2. The van der Waals surface area contributed by atoms with E-state index >= 15 is 0 Å². The molecule has 0 radical (unpaired) electrons. The monoisotopic (exact) mass is 244 g/mol. The van der Waals surface area contributed by atoms with Gasteiger partial charge in [0, 0.05) is 29.6 Å². The van der Waals surface area contributed by atoms with Crippen molar-refractivity contribution >= 4 is 10.9 Å². The lowest BCUT2D eigenvalue weighted by molar-refractivity contribution is 0.623. The fourth-order valence-corrected chi connectivity index (χ4v) is 2.64. The molecule has 18 heavy (non-hydrogen) atoms. The Balaban J connectivity index is 0.000000574. The highest BCUT2D eigenvalue weighted by Gasteiger charge is 2.12. The topological polar surface area (TPSA) is 27.8 Å². The highest BCUT2D eigenvalue weighted by molar-refractivity contribution is 5.85. The molecule has 2 aromatic rings. The summed E-state index contributed by atoms with van der Waals surface area (Å²) >= 11 is 0. The van der Waals surface area contributed by atoms with Gasteiger partial charge in [0.2, 0.25) is 0 Å². The predicted octanol–water partition coefficient (Wildman–Crippen LogP) is 3.58. The Bertz CT molecular complexity index is 511. The molecule has 2 N–H and O–H groups in total. The molecule has 0 saturated carbocycles. The Morgan fingerprint density at radius 2 is 1.89 bits per heavy atom. The van der Waals surface area contributed by atoms with Crippen LogP contribution in [-0.2, 0) is 12.8 Å². The van der Waals surface area contributed by atoms with Crippen LogP contribution in [0.5, 0.6) is 0 Å². The first-order chi connectivity index (χ1) is 8.84. The second kappa shape index (κ2) is 6.05. The first kappa shape index (κ1) is 13.2. The molecule has 0 atom stereocenters. The van der Waals surface area contributed by atoms with Gasteiger partial charge in [-0.2, -0.15) is 0 Å². The molecule has 1 aliphatic heterocycles. The summed E-state index contributed by atoms with van der Waals surface area (Å²) in [6, 6.07) is 6.72. The molecule has 0 bridgehead atoms. The number of aromatic nitrogens is 1. The minimum atomic E-state index is 1.10. The van der Waals surface area contributed by atoms with Crippen LogP contribution in [0, 0.1) is 6.92 Å². The second-order valence-electron chi connectivity index (χ2n) is 4.73. The molecule has 0 unspecified atom stereocenters. The van der Waals surface area contributed by atoms with E-state index in [-0.39, 0.29) is 0 Å². The number of aromatic amines is 1. The molecule has 0 amide bonds. The van der Waals surface area contributed by atoms with E-state index in [9.17, 15) is 0 Å². The van der Waals surface area contributed by atoms with E-state index < -0.39 is 0 Å². The zero-order valence-electron chi connectivity index (χ0n) is 11.8. The molecule has 1 aromatic heterocycles. The molecule has 3 rings (SSSR count). The van der Waals surface area contributed by atoms with Gasteiger partial charge < -0.3 is 10.3 Å². The summed E-state index contributed by atoms with van der Waals surface area (Å²) in [5, 5.41) is 4.91. The Morgan fingerprint density at radius 3 is 2.72 bits per heavy atom. The van der Waals surface area contributed by atoms with Gasteiger partial charge in [0.1, 0.15) is 0 Å². The van der Waals surface area contributed by atoms with E-state index in [0.717, 1.165) is 19.5 Å². The third kappa shape index (κ3) is 2.59. The van der Waals surface area contributed by atoms with Crippen LogP contribution in [0.4, 0.5) is 0 Å². The average Bonchev–Trinajstić information content (AvgIpc) is 2.68. The zero-order chi connectivity index (χ0) is 13.0. The third-order valence-corrected chi connectivity index (χ3v) is 3.48. The minimum absolute atomic E-state index is 1.10. The SMILES string of the molecule is CC.Cc1ccc2[nH]c3c(c2c1)CCCNCC3. The largest absolute Gasteiger partial charge is 0.358 e. The molecule has 0 fully saturated rings. The van der Waals surface area contributed by atoms with Crippen molar-refractivity contribution in [1.29, 1.82) is 0 Å². The second-order valence-corrected chi connectivity index (χ2v) is 4.73. The number of fused-ring (bicyclic) bond motifs is 3. The van der Waals surface area contributed by atoms with Gasteiger partial charge in [-0.15, -0.1) is 0 Å². The molecule has 2 nitrogen and oxygen atoms in total. The van der Waals surface area contributed by atoms with Gasteiger partial charge in [-0.1, -0.05) is 25.5 Å². The molecular weight excluding hydrogens is 220 g/mol. The number of hydrogen-bond donors (Lipinski definition) is 2. The van der Waals surface area contributed by atoms with Crippen molar-refractivity contribution in [1.82, 2.24) is 10.3 Å². The van der Waals surface area contributed by atoms with Crippen LogP contribution >= 0.6 is 0 Å². The van der Waals surface area contributed by atoms with Crippen LogP contribution in [0.15, 0.2) is 18.2 Å². The van der Waals surface area contributed by atoms with Crippen LogP contribution in [0.1, 0.15) is 37.1 Å². The molecule has 98 valence electrons. The number of hydrogen-bond acceptors (Lipinski definition) is 1. The molecule has 0 aliphatic carbocycles. The van der Waals surface area contributed by atoms with Gasteiger partial charge in [-0.3, -0.25) is 0 Å². The Morgan fingerprint density at radius 1 is 1.06 bits per heavy atom. The van der Waals surface area contributed by atoms with Crippen LogP contribution in [0.25, 0.3) is 10.9 Å². The van der Waals surface area contributed by atoms with E-state index in [1.54, 1.807) is 5.56 Å². The summed E-state index contributed by atoms with van der Waals surface area (Å²) in [4.78, 5) is 3.57. The Kier molecular flexibility index (Phi) is 4.43. The van der Waals surface area contributed by atoms with Crippen molar-refractivity contribution in [2.24, 2.45) is 0 Å². The quantitative estimate of drug-likeness (QED) is 0.728. The Hall–Kier alpha value is -1.28. The van der Waals surface area contributed by atoms with Crippen molar-refractivity contribution in [2.75, 3.05) is 13.1 Å². The maximum atomic E-state index is 3.57. The number of aryl methyl sites for hydroxylation is 2. The summed E-state index contributed by atoms with van der Waals surface area (Å²) < 4.78 is 0. The number of nitrogens with one attached hydrogen (secondary N) is 2. The lowest BCUT2D eigenvalue weighted by Crippen LogP contribution is -2.21. The standard InChI is InChI=1S/C14H18N2.C2H6/c1-10-4-5-13-12(9-10)11-3-2-7-15-8-6-14(11)16-13;1-2/h4-5,9,15-16H,2-3,6-8H2,1H3;1-2H3. The summed E-state index contributed by atoms with van der Waals surface area (Å²) in [5.41, 5.74) is 5.65. The lowest BCUT2D eigenvalue weighted by Gasteiger charge is -2.11. The lowest BCUT2D eigenvalue weighted by atomic mass is 10.0. The van der Waals surface area contributed by atoms with E-state index in [1.165, 1.54) is 35.0 Å². The fourth-order valence-electron chi connectivity index (χ4n) is 2.64. The number of rotatable bonds is 0. The minimum Gasteiger partial charge on any atom is -0.358 e. The fraction of sp³-hybridized carbons (Fsp3) is 0.500. The summed E-state index contributed by atoms with van der Waals surface area (Å²) in [6.45, 7) is 8.42. The maximum absolute atomic E-state index is 3.57. The Labute approximate surface area is 110 Å². The summed E-state index contributed by atoms with van der Waals surface area (Å²) in [7, 11) is 0. The summed E-state index contributed by atoms with van der Waals surface area (Å²) in [5.74, 6) is 0. The van der Waals surface area contributed by atoms with E-state index in [1.807, 2.05) is 13.8 Å². The van der Waals surface area contributed by atoms with Crippen molar-refractivity contribution in [3.8, 4) is 0 Å².